The predicted molar refractivity (Wildman–Crippen MR) is 165 cm³/mol. The van der Waals surface area contributed by atoms with Gasteiger partial charge in [0.15, 0.2) is 5.76 Å². The summed E-state index contributed by atoms with van der Waals surface area (Å²) in [4.78, 5) is 24.9. The SMILES string of the molecule is CCCC1CCCC1(C)C(=O)O/C(COc1ccc(CCC(C)C)c(OC)c1C)=C(C#N)/C(C)=C(/Cl)CCOC(C)=O. The first kappa shape index (κ1) is 35.2. The van der Waals surface area contributed by atoms with Crippen LogP contribution in [0.3, 0.4) is 0 Å². The smallest absolute Gasteiger partial charge is 0.317 e. The second kappa shape index (κ2) is 16.6. The van der Waals surface area contributed by atoms with Crippen molar-refractivity contribution in [2.75, 3.05) is 20.3 Å². The molecule has 1 aromatic carbocycles. The molecule has 0 amide bonds. The van der Waals surface area contributed by atoms with Crippen molar-refractivity contribution in [2.45, 2.75) is 99.8 Å². The van der Waals surface area contributed by atoms with Gasteiger partial charge in [-0.15, -0.1) is 0 Å². The molecule has 2 rings (SSSR count). The number of esters is 2. The summed E-state index contributed by atoms with van der Waals surface area (Å²) < 4.78 is 23.0. The number of ether oxygens (including phenoxy) is 4. The number of hydrogen-bond acceptors (Lipinski definition) is 7. The monoisotopic (exact) mass is 601 g/mol. The maximum Gasteiger partial charge on any atom is 0.317 e. The van der Waals surface area contributed by atoms with Gasteiger partial charge in [-0.2, -0.15) is 5.26 Å². The molecule has 2 unspecified atom stereocenters. The third-order valence-corrected chi connectivity index (χ3v) is 8.73. The molecule has 0 N–H and O–H groups in total. The largest absolute Gasteiger partial charge is 0.496 e. The molecule has 1 fully saturated rings. The van der Waals surface area contributed by atoms with E-state index in [1.165, 1.54) is 6.92 Å². The molecule has 232 valence electrons. The van der Waals surface area contributed by atoms with Gasteiger partial charge in [-0.1, -0.05) is 51.3 Å². The minimum Gasteiger partial charge on any atom is -0.496 e. The molecule has 0 aliphatic heterocycles. The number of allylic oxidation sites excluding steroid dienone is 2. The first-order valence-electron chi connectivity index (χ1n) is 15.0. The third-order valence-electron chi connectivity index (χ3n) is 8.26. The lowest BCUT2D eigenvalue weighted by molar-refractivity contribution is -0.153. The number of rotatable bonds is 15. The minimum absolute atomic E-state index is 0.0781. The van der Waals surface area contributed by atoms with Crippen LogP contribution in [-0.2, 0) is 25.5 Å². The summed E-state index contributed by atoms with van der Waals surface area (Å²) in [7, 11) is 1.65. The van der Waals surface area contributed by atoms with Gasteiger partial charge >= 0.3 is 11.9 Å². The van der Waals surface area contributed by atoms with E-state index >= 15 is 0 Å². The lowest BCUT2D eigenvalue weighted by Crippen LogP contribution is -2.34. The van der Waals surface area contributed by atoms with E-state index in [2.05, 4.69) is 26.8 Å². The Morgan fingerprint density at radius 2 is 1.95 bits per heavy atom. The zero-order valence-electron chi connectivity index (χ0n) is 26.7. The van der Waals surface area contributed by atoms with Crippen molar-refractivity contribution in [3.8, 4) is 17.6 Å². The summed E-state index contributed by atoms with van der Waals surface area (Å²) in [5, 5.41) is 10.6. The lowest BCUT2D eigenvalue weighted by atomic mass is 9.77. The van der Waals surface area contributed by atoms with Gasteiger partial charge in [0, 0.05) is 23.9 Å². The van der Waals surface area contributed by atoms with Gasteiger partial charge in [0.25, 0.3) is 0 Å². The van der Waals surface area contributed by atoms with E-state index in [0.29, 0.717) is 22.3 Å². The van der Waals surface area contributed by atoms with Gasteiger partial charge in [0.2, 0.25) is 0 Å². The van der Waals surface area contributed by atoms with Crippen LogP contribution in [-0.4, -0.2) is 32.3 Å². The predicted octanol–water partition coefficient (Wildman–Crippen LogP) is 8.36. The average Bonchev–Trinajstić information content (AvgIpc) is 3.32. The summed E-state index contributed by atoms with van der Waals surface area (Å²) >= 11 is 6.54. The molecular weight excluding hydrogens is 554 g/mol. The first-order chi connectivity index (χ1) is 19.9. The zero-order chi connectivity index (χ0) is 31.4. The minimum atomic E-state index is -0.643. The normalized spacial score (nSPS) is 19.5. The van der Waals surface area contributed by atoms with Crippen LogP contribution < -0.4 is 9.47 Å². The molecule has 1 aliphatic carbocycles. The van der Waals surface area contributed by atoms with Gasteiger partial charge in [0.1, 0.15) is 24.2 Å². The molecule has 2 atom stereocenters. The Labute approximate surface area is 257 Å². The van der Waals surface area contributed by atoms with Crippen molar-refractivity contribution in [1.82, 2.24) is 0 Å². The molecule has 8 heteroatoms. The second-order valence-electron chi connectivity index (χ2n) is 11.8. The maximum absolute atomic E-state index is 13.7. The van der Waals surface area contributed by atoms with Crippen molar-refractivity contribution in [3.05, 3.63) is 45.2 Å². The molecule has 1 saturated carbocycles. The quantitative estimate of drug-likeness (QED) is 0.0862. The molecule has 1 aromatic rings. The fourth-order valence-corrected chi connectivity index (χ4v) is 5.79. The van der Waals surface area contributed by atoms with E-state index in [4.69, 9.17) is 30.5 Å². The average molecular weight is 602 g/mol. The number of hydrogen-bond donors (Lipinski definition) is 0. The van der Waals surface area contributed by atoms with Crippen molar-refractivity contribution < 1.29 is 28.5 Å². The van der Waals surface area contributed by atoms with E-state index in [1.54, 1.807) is 14.0 Å². The maximum atomic E-state index is 13.7. The van der Waals surface area contributed by atoms with Crippen LogP contribution in [0, 0.1) is 35.5 Å². The highest BCUT2D eigenvalue weighted by Crippen LogP contribution is 2.47. The zero-order valence-corrected chi connectivity index (χ0v) is 27.4. The van der Waals surface area contributed by atoms with Crippen molar-refractivity contribution in [2.24, 2.45) is 17.3 Å². The van der Waals surface area contributed by atoms with E-state index in [1.807, 2.05) is 26.0 Å². The number of halogens is 1. The van der Waals surface area contributed by atoms with Crippen LogP contribution in [0.4, 0.5) is 0 Å². The molecule has 1 aliphatic rings. The van der Waals surface area contributed by atoms with E-state index in [-0.39, 0.29) is 42.9 Å². The van der Waals surface area contributed by atoms with Crippen molar-refractivity contribution >= 4 is 23.5 Å². The van der Waals surface area contributed by atoms with Gasteiger partial charge in [0.05, 0.1) is 24.7 Å². The van der Waals surface area contributed by atoms with Gasteiger partial charge in [-0.05, 0) is 81.9 Å². The Balaban J connectivity index is 2.47. The summed E-state index contributed by atoms with van der Waals surface area (Å²) in [5.41, 5.74) is 1.86. The fourth-order valence-electron chi connectivity index (χ4n) is 5.62. The number of aryl methyl sites for hydroxylation is 1. The summed E-state index contributed by atoms with van der Waals surface area (Å²) in [6, 6.07) is 6.07. The highest BCUT2D eigenvalue weighted by Gasteiger charge is 2.46. The van der Waals surface area contributed by atoms with Crippen LogP contribution in [0.5, 0.6) is 11.5 Å². The third kappa shape index (κ3) is 9.26. The highest BCUT2D eigenvalue weighted by atomic mass is 35.5. The number of nitriles is 1. The molecule has 0 aromatic heterocycles. The lowest BCUT2D eigenvalue weighted by Gasteiger charge is -2.29. The summed E-state index contributed by atoms with van der Waals surface area (Å²) in [6.07, 6.45) is 6.74. The number of carbonyl (C=O) groups is 2. The number of benzene rings is 1. The molecule has 0 bridgehead atoms. The fraction of sp³-hybridized carbons (Fsp3) is 0.618. The first-order valence-corrected chi connectivity index (χ1v) is 15.4. The Bertz CT molecular complexity index is 1210. The second-order valence-corrected chi connectivity index (χ2v) is 12.3. The van der Waals surface area contributed by atoms with E-state index in [0.717, 1.165) is 61.8 Å². The van der Waals surface area contributed by atoms with E-state index in [9.17, 15) is 14.9 Å². The van der Waals surface area contributed by atoms with Crippen molar-refractivity contribution in [1.29, 1.82) is 5.26 Å². The van der Waals surface area contributed by atoms with Crippen LogP contribution >= 0.6 is 11.6 Å². The van der Waals surface area contributed by atoms with Crippen LogP contribution in [0.15, 0.2) is 34.1 Å². The molecule has 0 radical (unpaired) electrons. The molecule has 0 spiro atoms. The standard InChI is InChI=1S/C34H48ClNO6/c1-9-11-27-12-10-18-34(27,7)33(38)42-31(28(20-36)23(4)29(35)17-19-40-25(6)37)21-41-30-16-15-26(14-13-22(2)3)32(39-8)24(30)5/h15-16,22,27H,9-14,17-19,21H2,1-8H3/b29-23+,31-28+. The summed E-state index contributed by atoms with van der Waals surface area (Å²) in [5.74, 6) is 1.46. The van der Waals surface area contributed by atoms with Crippen LogP contribution in [0.25, 0.3) is 0 Å². The highest BCUT2D eigenvalue weighted by molar-refractivity contribution is 6.30. The Hall–Kier alpha value is -2.98. The van der Waals surface area contributed by atoms with Gasteiger partial charge < -0.3 is 18.9 Å². The number of carbonyl (C=O) groups excluding carboxylic acids is 2. The topological polar surface area (TPSA) is 94.9 Å². The van der Waals surface area contributed by atoms with Crippen LogP contribution in [0.1, 0.15) is 97.6 Å². The Kier molecular flexibility index (Phi) is 13.9. The van der Waals surface area contributed by atoms with Gasteiger partial charge in [-0.3, -0.25) is 9.59 Å². The number of methoxy groups -OCH3 is 1. The molecule has 0 saturated heterocycles. The van der Waals surface area contributed by atoms with Gasteiger partial charge in [-0.25, -0.2) is 0 Å². The molecule has 42 heavy (non-hydrogen) atoms. The molecule has 7 nitrogen and oxygen atoms in total. The van der Waals surface area contributed by atoms with Crippen LogP contribution in [0.2, 0.25) is 0 Å². The Morgan fingerprint density at radius 1 is 1.24 bits per heavy atom. The van der Waals surface area contributed by atoms with Crippen molar-refractivity contribution in [3.63, 3.8) is 0 Å². The molecule has 0 heterocycles. The Morgan fingerprint density at radius 3 is 2.55 bits per heavy atom. The number of nitrogens with zero attached hydrogens (tertiary/aromatic N) is 1. The van der Waals surface area contributed by atoms with E-state index < -0.39 is 11.4 Å². The summed E-state index contributed by atoms with van der Waals surface area (Å²) in [6.45, 7) is 13.3. The molecular formula is C34H48ClNO6.